The highest BCUT2D eigenvalue weighted by molar-refractivity contribution is 8.00. The first-order valence-corrected chi connectivity index (χ1v) is 9.21. The van der Waals surface area contributed by atoms with Crippen molar-refractivity contribution in [1.82, 2.24) is 10.2 Å². The zero-order valence-electron chi connectivity index (χ0n) is 15.4. The Morgan fingerprint density at radius 2 is 2.00 bits per heavy atom. The zero-order chi connectivity index (χ0) is 19.4. The number of nitrogens with zero attached hydrogens (tertiary/aromatic N) is 2. The number of likely N-dealkylation sites (N-methyl/N-ethyl adjacent to an activating group) is 1. The first kappa shape index (κ1) is 22.0. The van der Waals surface area contributed by atoms with Gasteiger partial charge in [0, 0.05) is 30.2 Å². The van der Waals surface area contributed by atoms with Gasteiger partial charge in [0.15, 0.2) is 0 Å². The fraction of sp³-hybridized carbons (Fsp3) is 0.500. The van der Waals surface area contributed by atoms with Gasteiger partial charge in [-0.05, 0) is 19.2 Å². The summed E-state index contributed by atoms with van der Waals surface area (Å²) in [6.45, 7) is 3.11. The molecule has 1 aromatic carbocycles. The van der Waals surface area contributed by atoms with Crippen molar-refractivity contribution in [2.24, 2.45) is 0 Å². The van der Waals surface area contributed by atoms with Crippen molar-refractivity contribution in [3.05, 3.63) is 24.3 Å². The van der Waals surface area contributed by atoms with Gasteiger partial charge in [-0.3, -0.25) is 14.5 Å². The number of nitriles is 1. The summed E-state index contributed by atoms with van der Waals surface area (Å²) < 4.78 is 4.87. The molecule has 1 aromatic rings. The van der Waals surface area contributed by atoms with E-state index in [4.69, 9.17) is 10.00 Å². The van der Waals surface area contributed by atoms with E-state index < -0.39 is 0 Å². The Morgan fingerprint density at radius 3 is 2.69 bits per heavy atom. The SMILES string of the molecule is COCCNC(=O)CN(C)CC(=O)Nc1ccccc1SC(C)CC#N. The third-order valence-corrected chi connectivity index (χ3v) is 4.50. The normalized spacial score (nSPS) is 11.7. The van der Waals surface area contributed by atoms with Gasteiger partial charge in [0.05, 0.1) is 31.5 Å². The number of amides is 2. The van der Waals surface area contributed by atoms with Crippen molar-refractivity contribution < 1.29 is 14.3 Å². The molecule has 0 heterocycles. The molecule has 1 unspecified atom stereocenters. The predicted octanol–water partition coefficient (Wildman–Crippen LogP) is 1.71. The van der Waals surface area contributed by atoms with E-state index in [1.54, 1.807) is 30.8 Å². The number of nitrogens with one attached hydrogen (secondary N) is 2. The van der Waals surface area contributed by atoms with Crippen LogP contribution in [0, 0.1) is 11.3 Å². The van der Waals surface area contributed by atoms with Crippen LogP contribution in [0.3, 0.4) is 0 Å². The number of anilines is 1. The van der Waals surface area contributed by atoms with Crippen LogP contribution in [0.2, 0.25) is 0 Å². The Morgan fingerprint density at radius 1 is 1.31 bits per heavy atom. The minimum atomic E-state index is -0.196. The Balaban J connectivity index is 2.52. The molecule has 0 aliphatic rings. The molecule has 2 N–H and O–H groups in total. The lowest BCUT2D eigenvalue weighted by Crippen LogP contribution is -2.39. The van der Waals surface area contributed by atoms with E-state index in [9.17, 15) is 9.59 Å². The van der Waals surface area contributed by atoms with Crippen molar-refractivity contribution in [3.63, 3.8) is 0 Å². The molecule has 0 spiro atoms. The number of para-hydroxylation sites is 1. The average Bonchev–Trinajstić information content (AvgIpc) is 2.56. The van der Waals surface area contributed by atoms with Crippen molar-refractivity contribution in [2.75, 3.05) is 45.7 Å². The fourth-order valence-corrected chi connectivity index (χ4v) is 3.14. The van der Waals surface area contributed by atoms with Crippen LogP contribution in [0.15, 0.2) is 29.2 Å². The number of thioether (sulfide) groups is 1. The maximum Gasteiger partial charge on any atom is 0.238 e. The van der Waals surface area contributed by atoms with Gasteiger partial charge in [0.2, 0.25) is 11.8 Å². The second-order valence-electron chi connectivity index (χ2n) is 5.85. The number of hydrogen-bond donors (Lipinski definition) is 2. The number of carbonyl (C=O) groups excluding carboxylic acids is 2. The first-order valence-electron chi connectivity index (χ1n) is 8.33. The molecule has 142 valence electrons. The highest BCUT2D eigenvalue weighted by atomic mass is 32.2. The molecule has 0 aliphatic heterocycles. The van der Waals surface area contributed by atoms with E-state index in [1.165, 1.54) is 0 Å². The van der Waals surface area contributed by atoms with Crippen molar-refractivity contribution in [1.29, 1.82) is 5.26 Å². The van der Waals surface area contributed by atoms with Gasteiger partial charge in [-0.1, -0.05) is 19.1 Å². The number of ether oxygens (including phenoxy) is 1. The van der Waals surface area contributed by atoms with E-state index in [2.05, 4.69) is 16.7 Å². The highest BCUT2D eigenvalue weighted by Gasteiger charge is 2.13. The van der Waals surface area contributed by atoms with Gasteiger partial charge < -0.3 is 15.4 Å². The fourth-order valence-electron chi connectivity index (χ4n) is 2.14. The molecular formula is C18H26N4O3S. The number of carbonyl (C=O) groups is 2. The van der Waals surface area contributed by atoms with Crippen LogP contribution in [0.5, 0.6) is 0 Å². The maximum atomic E-state index is 12.3. The van der Waals surface area contributed by atoms with Gasteiger partial charge in [0.25, 0.3) is 0 Å². The smallest absolute Gasteiger partial charge is 0.238 e. The average molecular weight is 378 g/mol. The molecule has 1 rings (SSSR count). The maximum absolute atomic E-state index is 12.3. The van der Waals surface area contributed by atoms with Crippen LogP contribution < -0.4 is 10.6 Å². The number of rotatable bonds is 11. The van der Waals surface area contributed by atoms with Crippen molar-refractivity contribution in [2.45, 2.75) is 23.5 Å². The van der Waals surface area contributed by atoms with Gasteiger partial charge >= 0.3 is 0 Å². The molecular weight excluding hydrogens is 352 g/mol. The number of benzene rings is 1. The second-order valence-corrected chi connectivity index (χ2v) is 7.33. The summed E-state index contributed by atoms with van der Waals surface area (Å²) >= 11 is 1.55. The molecule has 7 nitrogen and oxygen atoms in total. The lowest BCUT2D eigenvalue weighted by atomic mass is 10.3. The third-order valence-electron chi connectivity index (χ3n) is 3.32. The van der Waals surface area contributed by atoms with Gasteiger partial charge in [-0.25, -0.2) is 0 Å². The van der Waals surface area contributed by atoms with E-state index in [1.807, 2.05) is 31.2 Å². The number of hydrogen-bond acceptors (Lipinski definition) is 6. The Bertz CT molecular complexity index is 633. The molecule has 8 heteroatoms. The second kappa shape index (κ2) is 12.3. The highest BCUT2D eigenvalue weighted by Crippen LogP contribution is 2.31. The van der Waals surface area contributed by atoms with E-state index >= 15 is 0 Å². The summed E-state index contributed by atoms with van der Waals surface area (Å²) in [5.41, 5.74) is 0.713. The minimum absolute atomic E-state index is 0.102. The molecule has 1 atom stereocenters. The summed E-state index contributed by atoms with van der Waals surface area (Å²) in [6.07, 6.45) is 0.438. The Labute approximate surface area is 159 Å². The zero-order valence-corrected chi connectivity index (χ0v) is 16.3. The van der Waals surface area contributed by atoms with E-state index in [0.717, 1.165) is 4.90 Å². The Hall–Kier alpha value is -2.08. The molecule has 0 fully saturated rings. The summed E-state index contributed by atoms with van der Waals surface area (Å²) in [4.78, 5) is 26.6. The molecule has 0 radical (unpaired) electrons. The summed E-state index contributed by atoms with van der Waals surface area (Å²) in [6, 6.07) is 9.64. The lowest BCUT2D eigenvalue weighted by molar-refractivity contribution is -0.123. The molecule has 0 aromatic heterocycles. The predicted molar refractivity (Wildman–Crippen MR) is 103 cm³/mol. The van der Waals surface area contributed by atoms with Gasteiger partial charge in [-0.15, -0.1) is 11.8 Å². The molecule has 0 bridgehead atoms. The minimum Gasteiger partial charge on any atom is -0.383 e. The molecule has 0 saturated heterocycles. The van der Waals surface area contributed by atoms with Crippen molar-refractivity contribution in [3.8, 4) is 6.07 Å². The monoisotopic (exact) mass is 378 g/mol. The molecule has 26 heavy (non-hydrogen) atoms. The topological polar surface area (TPSA) is 94.5 Å². The van der Waals surface area contributed by atoms with Gasteiger partial charge in [0.1, 0.15) is 0 Å². The van der Waals surface area contributed by atoms with Crippen LogP contribution in [0.25, 0.3) is 0 Å². The van der Waals surface area contributed by atoms with E-state index in [-0.39, 0.29) is 30.2 Å². The Kier molecular flexibility index (Phi) is 10.4. The third kappa shape index (κ3) is 8.85. The van der Waals surface area contributed by atoms with E-state index in [0.29, 0.717) is 25.3 Å². The summed E-state index contributed by atoms with van der Waals surface area (Å²) in [5, 5.41) is 14.5. The van der Waals surface area contributed by atoms with Crippen molar-refractivity contribution >= 4 is 29.3 Å². The van der Waals surface area contributed by atoms with Gasteiger partial charge in [-0.2, -0.15) is 5.26 Å². The number of methoxy groups -OCH3 is 1. The van der Waals surface area contributed by atoms with Crippen LogP contribution in [-0.2, 0) is 14.3 Å². The summed E-state index contributed by atoms with van der Waals surface area (Å²) in [5.74, 6) is -0.350. The van der Waals surface area contributed by atoms with Crippen LogP contribution >= 0.6 is 11.8 Å². The van der Waals surface area contributed by atoms with Crippen LogP contribution in [-0.4, -0.2) is 62.4 Å². The van der Waals surface area contributed by atoms with Crippen LogP contribution in [0.4, 0.5) is 5.69 Å². The molecule has 0 saturated carbocycles. The molecule has 2 amide bonds. The quantitative estimate of drug-likeness (QED) is 0.450. The lowest BCUT2D eigenvalue weighted by Gasteiger charge is -2.17. The standard InChI is InChI=1S/C18H26N4O3S/c1-14(8-9-19)26-16-7-5-4-6-15(16)21-18(24)13-22(2)12-17(23)20-10-11-25-3/h4-7,14H,8,10-13H2,1-3H3,(H,20,23)(H,21,24). The first-order chi connectivity index (χ1) is 12.5. The summed E-state index contributed by atoms with van der Waals surface area (Å²) in [7, 11) is 3.28. The molecule has 0 aliphatic carbocycles. The van der Waals surface area contributed by atoms with Crippen LogP contribution in [0.1, 0.15) is 13.3 Å². The largest absolute Gasteiger partial charge is 0.383 e.